The molecule has 0 bridgehead atoms. The van der Waals surface area contributed by atoms with Crippen LogP contribution in [-0.4, -0.2) is 23.3 Å². The van der Waals surface area contributed by atoms with Gasteiger partial charge < -0.3 is 15.0 Å². The highest BCUT2D eigenvalue weighted by Gasteiger charge is 2.40. The molecular weight excluding hydrogens is 242 g/mol. The maximum atomic E-state index is 5.95. The Bertz CT molecular complexity index is 397. The summed E-state index contributed by atoms with van der Waals surface area (Å²) in [5.41, 5.74) is 5.85. The largest absolute Gasteiger partial charge is 0.370 e. The van der Waals surface area contributed by atoms with Crippen molar-refractivity contribution in [3.63, 3.8) is 0 Å². The second kappa shape index (κ2) is 6.01. The van der Waals surface area contributed by atoms with E-state index in [0.29, 0.717) is 30.8 Å². The fourth-order valence-corrected chi connectivity index (χ4v) is 2.87. The SMILES string of the molecule is CCOC(c1noc(C2(CN)CCCC2)n1)C(C)C. The summed E-state index contributed by atoms with van der Waals surface area (Å²) in [4.78, 5) is 4.59. The van der Waals surface area contributed by atoms with Crippen LogP contribution in [0.5, 0.6) is 0 Å². The Labute approximate surface area is 114 Å². The summed E-state index contributed by atoms with van der Waals surface area (Å²) in [5.74, 6) is 1.68. The van der Waals surface area contributed by atoms with E-state index in [1.54, 1.807) is 0 Å². The number of nitrogens with two attached hydrogens (primary N) is 1. The van der Waals surface area contributed by atoms with E-state index in [9.17, 15) is 0 Å². The van der Waals surface area contributed by atoms with Crippen LogP contribution in [0, 0.1) is 5.92 Å². The number of rotatable bonds is 6. The molecule has 5 heteroatoms. The number of nitrogens with zero attached hydrogens (tertiary/aromatic N) is 2. The lowest BCUT2D eigenvalue weighted by atomic mass is 9.86. The predicted molar refractivity (Wildman–Crippen MR) is 72.7 cm³/mol. The molecule has 1 aromatic rings. The summed E-state index contributed by atoms with van der Waals surface area (Å²) in [6.45, 7) is 7.41. The van der Waals surface area contributed by atoms with Crippen molar-refractivity contribution < 1.29 is 9.26 Å². The van der Waals surface area contributed by atoms with E-state index in [2.05, 4.69) is 24.0 Å². The molecule has 0 aliphatic heterocycles. The topological polar surface area (TPSA) is 74.2 Å². The highest BCUT2D eigenvalue weighted by molar-refractivity contribution is 5.10. The fraction of sp³-hybridized carbons (Fsp3) is 0.857. The third kappa shape index (κ3) is 2.82. The van der Waals surface area contributed by atoms with Gasteiger partial charge in [-0.25, -0.2) is 0 Å². The van der Waals surface area contributed by atoms with Gasteiger partial charge in [0.2, 0.25) is 11.7 Å². The predicted octanol–water partition coefficient (Wildman–Crippen LogP) is 2.57. The molecule has 108 valence electrons. The molecule has 2 rings (SSSR count). The average molecular weight is 267 g/mol. The Morgan fingerprint density at radius 3 is 2.58 bits per heavy atom. The highest BCUT2D eigenvalue weighted by atomic mass is 16.5. The Balaban J connectivity index is 2.22. The summed E-state index contributed by atoms with van der Waals surface area (Å²) in [6.07, 6.45) is 4.37. The molecule has 1 atom stereocenters. The Morgan fingerprint density at radius 2 is 2.05 bits per heavy atom. The van der Waals surface area contributed by atoms with Crippen molar-refractivity contribution in [2.24, 2.45) is 11.7 Å². The van der Waals surface area contributed by atoms with Crippen LogP contribution in [0.25, 0.3) is 0 Å². The standard InChI is InChI=1S/C14H25N3O2/c1-4-18-11(10(2)3)12-16-13(19-17-12)14(9-15)7-5-6-8-14/h10-11H,4-9,15H2,1-3H3. The summed E-state index contributed by atoms with van der Waals surface area (Å²) in [7, 11) is 0. The van der Waals surface area contributed by atoms with Gasteiger partial charge in [0.05, 0.1) is 5.41 Å². The van der Waals surface area contributed by atoms with Gasteiger partial charge in [0.1, 0.15) is 6.10 Å². The first kappa shape index (κ1) is 14.5. The molecule has 1 heterocycles. The van der Waals surface area contributed by atoms with E-state index >= 15 is 0 Å². The molecular formula is C14H25N3O2. The molecule has 0 spiro atoms. The number of aromatic nitrogens is 2. The van der Waals surface area contributed by atoms with Crippen molar-refractivity contribution in [2.45, 2.75) is 58.0 Å². The zero-order chi connectivity index (χ0) is 13.9. The van der Waals surface area contributed by atoms with Crippen LogP contribution in [-0.2, 0) is 10.2 Å². The van der Waals surface area contributed by atoms with E-state index in [-0.39, 0.29) is 11.5 Å². The van der Waals surface area contributed by atoms with Crippen LogP contribution in [0.2, 0.25) is 0 Å². The first-order valence-electron chi connectivity index (χ1n) is 7.28. The molecule has 1 aliphatic rings. The third-order valence-electron chi connectivity index (χ3n) is 4.05. The van der Waals surface area contributed by atoms with Gasteiger partial charge in [-0.2, -0.15) is 4.98 Å². The van der Waals surface area contributed by atoms with E-state index in [4.69, 9.17) is 15.0 Å². The van der Waals surface area contributed by atoms with Crippen molar-refractivity contribution in [3.8, 4) is 0 Å². The van der Waals surface area contributed by atoms with Crippen molar-refractivity contribution >= 4 is 0 Å². The maximum Gasteiger partial charge on any atom is 0.234 e. The Hall–Kier alpha value is -0.940. The number of hydrogen-bond donors (Lipinski definition) is 1. The molecule has 2 N–H and O–H groups in total. The van der Waals surface area contributed by atoms with Crippen LogP contribution in [0.3, 0.4) is 0 Å². The van der Waals surface area contributed by atoms with Gasteiger partial charge >= 0.3 is 0 Å². The van der Waals surface area contributed by atoms with Gasteiger partial charge in [0, 0.05) is 13.2 Å². The lowest BCUT2D eigenvalue weighted by Crippen LogP contribution is -2.32. The molecule has 19 heavy (non-hydrogen) atoms. The van der Waals surface area contributed by atoms with Gasteiger partial charge in [0.25, 0.3) is 0 Å². The maximum absolute atomic E-state index is 5.95. The van der Waals surface area contributed by atoms with E-state index < -0.39 is 0 Å². The van der Waals surface area contributed by atoms with Gasteiger partial charge in [-0.15, -0.1) is 0 Å². The molecule has 0 saturated heterocycles. The minimum Gasteiger partial charge on any atom is -0.370 e. The molecule has 5 nitrogen and oxygen atoms in total. The average Bonchev–Trinajstić information content (AvgIpc) is 3.04. The van der Waals surface area contributed by atoms with Gasteiger partial charge in [-0.1, -0.05) is 31.8 Å². The summed E-state index contributed by atoms with van der Waals surface area (Å²) < 4.78 is 11.2. The van der Waals surface area contributed by atoms with E-state index in [1.807, 2.05) is 6.92 Å². The zero-order valence-corrected chi connectivity index (χ0v) is 12.2. The van der Waals surface area contributed by atoms with Gasteiger partial charge in [-0.05, 0) is 25.7 Å². The summed E-state index contributed by atoms with van der Waals surface area (Å²) >= 11 is 0. The molecule has 0 radical (unpaired) electrons. The van der Waals surface area contributed by atoms with Crippen LogP contribution < -0.4 is 5.73 Å². The molecule has 1 aromatic heterocycles. The van der Waals surface area contributed by atoms with Crippen molar-refractivity contribution in [1.82, 2.24) is 10.1 Å². The normalized spacial score (nSPS) is 20.1. The molecule has 0 amide bonds. The second-order valence-electron chi connectivity index (χ2n) is 5.77. The van der Waals surface area contributed by atoms with Gasteiger partial charge in [-0.3, -0.25) is 0 Å². The van der Waals surface area contributed by atoms with Crippen molar-refractivity contribution in [3.05, 3.63) is 11.7 Å². The lowest BCUT2D eigenvalue weighted by Gasteiger charge is -2.21. The smallest absolute Gasteiger partial charge is 0.234 e. The van der Waals surface area contributed by atoms with Crippen LogP contribution >= 0.6 is 0 Å². The molecule has 1 saturated carbocycles. The fourth-order valence-electron chi connectivity index (χ4n) is 2.87. The number of ether oxygens (including phenoxy) is 1. The van der Waals surface area contributed by atoms with E-state index in [0.717, 1.165) is 12.8 Å². The Kier molecular flexibility index (Phi) is 4.58. The first-order chi connectivity index (χ1) is 9.13. The molecule has 0 aromatic carbocycles. The Morgan fingerprint density at radius 1 is 1.37 bits per heavy atom. The highest BCUT2D eigenvalue weighted by Crippen LogP contribution is 2.40. The van der Waals surface area contributed by atoms with Crippen molar-refractivity contribution in [2.75, 3.05) is 13.2 Å². The first-order valence-corrected chi connectivity index (χ1v) is 7.28. The van der Waals surface area contributed by atoms with Crippen LogP contribution in [0.15, 0.2) is 4.52 Å². The van der Waals surface area contributed by atoms with Crippen LogP contribution in [0.4, 0.5) is 0 Å². The quantitative estimate of drug-likeness (QED) is 0.857. The van der Waals surface area contributed by atoms with E-state index in [1.165, 1.54) is 12.8 Å². The minimum atomic E-state index is -0.0984. The van der Waals surface area contributed by atoms with Crippen LogP contribution in [0.1, 0.15) is 64.3 Å². The monoisotopic (exact) mass is 267 g/mol. The third-order valence-corrected chi connectivity index (χ3v) is 4.05. The molecule has 1 aliphatic carbocycles. The lowest BCUT2D eigenvalue weighted by molar-refractivity contribution is 0.0217. The summed E-state index contributed by atoms with van der Waals surface area (Å²) in [6, 6.07) is 0. The zero-order valence-electron chi connectivity index (χ0n) is 12.2. The minimum absolute atomic E-state index is 0.0982. The number of hydrogen-bond acceptors (Lipinski definition) is 5. The summed E-state index contributed by atoms with van der Waals surface area (Å²) in [5, 5.41) is 4.13. The molecule has 1 fully saturated rings. The molecule has 1 unspecified atom stereocenters. The van der Waals surface area contributed by atoms with Gasteiger partial charge in [0.15, 0.2) is 0 Å². The van der Waals surface area contributed by atoms with Crippen molar-refractivity contribution in [1.29, 1.82) is 0 Å². The second-order valence-corrected chi connectivity index (χ2v) is 5.77.